The molecule has 3 N–H and O–H groups in total. The highest BCUT2D eigenvalue weighted by molar-refractivity contribution is 7.15. The third-order valence-corrected chi connectivity index (χ3v) is 4.00. The van der Waals surface area contributed by atoms with E-state index >= 15 is 0 Å². The Balaban J connectivity index is 0.00000242. The van der Waals surface area contributed by atoms with E-state index in [4.69, 9.17) is 5.73 Å². The molecule has 0 aliphatic heterocycles. The molecule has 1 heterocycles. The van der Waals surface area contributed by atoms with Crippen molar-refractivity contribution >= 4 is 34.8 Å². The molecule has 0 aliphatic carbocycles. The lowest BCUT2D eigenvalue weighted by molar-refractivity contribution is -0.116. The molecule has 22 heavy (non-hydrogen) atoms. The summed E-state index contributed by atoms with van der Waals surface area (Å²) >= 11 is 1.51. The highest BCUT2D eigenvalue weighted by atomic mass is 35.5. The van der Waals surface area contributed by atoms with Crippen LogP contribution in [0.2, 0.25) is 0 Å². The van der Waals surface area contributed by atoms with Crippen molar-refractivity contribution in [2.24, 2.45) is 5.73 Å². The van der Waals surface area contributed by atoms with Crippen molar-refractivity contribution in [1.29, 1.82) is 0 Å². The summed E-state index contributed by atoms with van der Waals surface area (Å²) in [4.78, 5) is 17.0. The van der Waals surface area contributed by atoms with Crippen molar-refractivity contribution in [1.82, 2.24) is 4.98 Å². The van der Waals surface area contributed by atoms with Gasteiger partial charge in [0, 0.05) is 30.0 Å². The van der Waals surface area contributed by atoms with Gasteiger partial charge >= 0.3 is 0 Å². The van der Waals surface area contributed by atoms with Crippen LogP contribution in [0.3, 0.4) is 0 Å². The smallest absolute Gasteiger partial charge is 0.227 e. The summed E-state index contributed by atoms with van der Waals surface area (Å²) in [5.41, 5.74) is 8.21. The second-order valence-corrected chi connectivity index (χ2v) is 6.33. The molecule has 1 unspecified atom stereocenters. The van der Waals surface area contributed by atoms with E-state index in [9.17, 15) is 4.79 Å². The summed E-state index contributed by atoms with van der Waals surface area (Å²) in [6.45, 7) is 3.96. The van der Waals surface area contributed by atoms with Gasteiger partial charge in [-0.15, -0.1) is 23.7 Å². The quantitative estimate of drug-likeness (QED) is 0.847. The number of nitrogens with two attached hydrogens (primary N) is 1. The normalized spacial score (nSPS) is 11.6. The molecule has 4 nitrogen and oxygen atoms in total. The Morgan fingerprint density at radius 1 is 1.41 bits per heavy atom. The summed E-state index contributed by atoms with van der Waals surface area (Å²) in [5, 5.41) is 3.43. The Hall–Kier alpha value is -1.43. The van der Waals surface area contributed by atoms with Crippen LogP contribution in [-0.2, 0) is 17.6 Å². The minimum Gasteiger partial charge on any atom is -0.327 e. The average molecular weight is 340 g/mol. The number of thiazole rings is 1. The lowest BCUT2D eigenvalue weighted by atomic mass is 10.1. The van der Waals surface area contributed by atoms with E-state index in [1.54, 1.807) is 0 Å². The van der Waals surface area contributed by atoms with Crippen LogP contribution in [-0.4, -0.2) is 16.9 Å². The Kier molecular flexibility index (Phi) is 7.51. The van der Waals surface area contributed by atoms with Crippen molar-refractivity contribution < 1.29 is 4.79 Å². The van der Waals surface area contributed by atoms with Gasteiger partial charge < -0.3 is 11.1 Å². The zero-order valence-electron chi connectivity index (χ0n) is 12.8. The van der Waals surface area contributed by atoms with E-state index in [1.165, 1.54) is 22.5 Å². The molecule has 2 aromatic rings. The van der Waals surface area contributed by atoms with Gasteiger partial charge in [0.05, 0.1) is 0 Å². The Bertz CT molecular complexity index is 613. The van der Waals surface area contributed by atoms with Gasteiger partial charge in [0.25, 0.3) is 0 Å². The second kappa shape index (κ2) is 8.88. The number of carbonyl (C=O) groups is 1. The number of anilines is 1. The maximum absolute atomic E-state index is 11.6. The topological polar surface area (TPSA) is 68.0 Å². The number of amides is 1. The molecule has 0 saturated carbocycles. The average Bonchev–Trinajstić information content (AvgIpc) is 2.85. The number of benzene rings is 1. The second-order valence-electron chi connectivity index (χ2n) is 5.21. The Morgan fingerprint density at radius 3 is 2.82 bits per heavy atom. The van der Waals surface area contributed by atoms with Gasteiger partial charge in [-0.2, -0.15) is 0 Å². The van der Waals surface area contributed by atoms with Gasteiger partial charge in [0.15, 0.2) is 5.13 Å². The molecule has 0 aliphatic rings. The van der Waals surface area contributed by atoms with Gasteiger partial charge in [0.1, 0.15) is 0 Å². The molecular weight excluding hydrogens is 318 g/mol. The van der Waals surface area contributed by atoms with Crippen molar-refractivity contribution in [3.8, 4) is 0 Å². The SMILES string of the molecule is CCc1cccc(Cc2cnc(NC(=O)CC(C)N)s2)c1.Cl. The van der Waals surface area contributed by atoms with Gasteiger partial charge in [-0.3, -0.25) is 4.79 Å². The number of hydrogen-bond acceptors (Lipinski definition) is 4. The Labute approximate surface area is 141 Å². The first kappa shape index (κ1) is 18.6. The molecule has 0 fully saturated rings. The largest absolute Gasteiger partial charge is 0.327 e. The number of hydrogen-bond donors (Lipinski definition) is 2. The molecule has 0 spiro atoms. The van der Waals surface area contributed by atoms with Crippen LogP contribution in [0.25, 0.3) is 0 Å². The molecule has 1 aromatic carbocycles. The van der Waals surface area contributed by atoms with E-state index < -0.39 is 0 Å². The van der Waals surface area contributed by atoms with Crippen molar-refractivity contribution in [3.63, 3.8) is 0 Å². The highest BCUT2D eigenvalue weighted by Crippen LogP contribution is 2.22. The zero-order chi connectivity index (χ0) is 15.2. The van der Waals surface area contributed by atoms with E-state index in [1.807, 2.05) is 13.1 Å². The lowest BCUT2D eigenvalue weighted by Crippen LogP contribution is -2.23. The van der Waals surface area contributed by atoms with Crippen LogP contribution in [0.4, 0.5) is 5.13 Å². The van der Waals surface area contributed by atoms with Crippen molar-refractivity contribution in [3.05, 3.63) is 46.5 Å². The zero-order valence-corrected chi connectivity index (χ0v) is 14.5. The van der Waals surface area contributed by atoms with E-state index in [-0.39, 0.29) is 24.4 Å². The number of carbonyl (C=O) groups excluding carboxylic acids is 1. The van der Waals surface area contributed by atoms with E-state index in [2.05, 4.69) is 41.5 Å². The number of halogens is 1. The molecule has 1 aromatic heterocycles. The molecule has 2 rings (SSSR count). The third-order valence-electron chi connectivity index (χ3n) is 3.09. The van der Waals surface area contributed by atoms with E-state index in [0.29, 0.717) is 11.6 Å². The third kappa shape index (κ3) is 5.75. The maximum Gasteiger partial charge on any atom is 0.227 e. The number of aromatic nitrogens is 1. The monoisotopic (exact) mass is 339 g/mol. The van der Waals surface area contributed by atoms with Gasteiger partial charge in [-0.25, -0.2) is 4.98 Å². The summed E-state index contributed by atoms with van der Waals surface area (Å²) in [6.07, 6.45) is 4.02. The van der Waals surface area contributed by atoms with Gasteiger partial charge in [-0.05, 0) is 24.5 Å². The van der Waals surface area contributed by atoms with Crippen molar-refractivity contribution in [2.45, 2.75) is 39.2 Å². The van der Waals surface area contributed by atoms with Crippen LogP contribution >= 0.6 is 23.7 Å². The standard InChI is InChI=1S/C16H21N3OS.ClH/c1-3-12-5-4-6-13(8-12)9-14-10-18-16(21-14)19-15(20)7-11(2)17;/h4-6,8,10-11H,3,7,9,17H2,1-2H3,(H,18,19,20);1H. The molecule has 120 valence electrons. The molecule has 1 atom stereocenters. The van der Waals surface area contributed by atoms with Crippen LogP contribution < -0.4 is 11.1 Å². The number of aryl methyl sites for hydroxylation is 1. The number of nitrogens with zero attached hydrogens (tertiary/aromatic N) is 1. The molecule has 1 amide bonds. The minimum atomic E-state index is -0.138. The molecule has 0 bridgehead atoms. The highest BCUT2D eigenvalue weighted by Gasteiger charge is 2.09. The summed E-state index contributed by atoms with van der Waals surface area (Å²) in [5.74, 6) is -0.0844. The minimum absolute atomic E-state index is 0. The first-order valence-electron chi connectivity index (χ1n) is 7.14. The molecule has 0 saturated heterocycles. The van der Waals surface area contributed by atoms with Gasteiger partial charge in [-0.1, -0.05) is 31.2 Å². The molecule has 6 heteroatoms. The predicted molar refractivity (Wildman–Crippen MR) is 94.9 cm³/mol. The van der Waals surface area contributed by atoms with Crippen LogP contribution in [0.5, 0.6) is 0 Å². The van der Waals surface area contributed by atoms with E-state index in [0.717, 1.165) is 17.7 Å². The first-order chi connectivity index (χ1) is 10.1. The van der Waals surface area contributed by atoms with Crippen LogP contribution in [0, 0.1) is 0 Å². The number of rotatable bonds is 6. The fraction of sp³-hybridized carbons (Fsp3) is 0.375. The van der Waals surface area contributed by atoms with Crippen LogP contribution in [0.15, 0.2) is 30.5 Å². The van der Waals surface area contributed by atoms with Crippen LogP contribution in [0.1, 0.15) is 36.3 Å². The Morgan fingerprint density at radius 2 is 2.14 bits per heavy atom. The predicted octanol–water partition coefficient (Wildman–Crippen LogP) is 3.39. The van der Waals surface area contributed by atoms with Crippen molar-refractivity contribution in [2.75, 3.05) is 5.32 Å². The lowest BCUT2D eigenvalue weighted by Gasteiger charge is -2.04. The fourth-order valence-corrected chi connectivity index (χ4v) is 2.93. The molecular formula is C16H22ClN3OS. The molecule has 0 radical (unpaired) electrons. The first-order valence-corrected chi connectivity index (χ1v) is 7.96. The van der Waals surface area contributed by atoms with Gasteiger partial charge in [0.2, 0.25) is 5.91 Å². The maximum atomic E-state index is 11.6. The fourth-order valence-electron chi connectivity index (χ4n) is 2.07. The number of nitrogens with one attached hydrogen (secondary N) is 1. The summed E-state index contributed by atoms with van der Waals surface area (Å²) in [7, 11) is 0. The summed E-state index contributed by atoms with van der Waals surface area (Å²) < 4.78 is 0. The summed E-state index contributed by atoms with van der Waals surface area (Å²) in [6, 6.07) is 8.42.